The van der Waals surface area contributed by atoms with Crippen molar-refractivity contribution in [3.05, 3.63) is 45.6 Å². The minimum absolute atomic E-state index is 0. The molecule has 29 heavy (non-hydrogen) atoms. The number of aromatic nitrogens is 3. The third kappa shape index (κ3) is 3.77. The summed E-state index contributed by atoms with van der Waals surface area (Å²) in [6.07, 6.45) is 2.84. The van der Waals surface area contributed by atoms with Gasteiger partial charge in [0, 0.05) is 17.8 Å². The van der Waals surface area contributed by atoms with Gasteiger partial charge in [-0.3, -0.25) is 4.79 Å². The highest BCUT2D eigenvalue weighted by Crippen LogP contribution is 2.43. The smallest absolute Gasteiger partial charge is 0.261 e. The lowest BCUT2D eigenvalue weighted by Gasteiger charge is -2.40. The van der Waals surface area contributed by atoms with Gasteiger partial charge in [-0.15, -0.1) is 28.8 Å². The first-order valence-electron chi connectivity index (χ1n) is 9.79. The Labute approximate surface area is 179 Å². The summed E-state index contributed by atoms with van der Waals surface area (Å²) in [6.45, 7) is 3.77. The van der Waals surface area contributed by atoms with Gasteiger partial charge >= 0.3 is 0 Å². The van der Waals surface area contributed by atoms with Crippen molar-refractivity contribution in [2.45, 2.75) is 31.4 Å². The van der Waals surface area contributed by atoms with E-state index in [0.29, 0.717) is 13.1 Å². The Morgan fingerprint density at radius 1 is 1.31 bits per heavy atom. The predicted molar refractivity (Wildman–Crippen MR) is 115 cm³/mol. The molecule has 2 N–H and O–H groups in total. The van der Waals surface area contributed by atoms with Crippen LogP contribution in [0.5, 0.6) is 0 Å². The summed E-state index contributed by atoms with van der Waals surface area (Å²) in [4.78, 5) is 14.8. The molecule has 0 atom stereocenters. The fraction of sp³-hybridized carbons (Fsp3) is 0.450. The second kappa shape index (κ2) is 8.39. The van der Waals surface area contributed by atoms with Crippen LogP contribution in [0.3, 0.4) is 0 Å². The maximum absolute atomic E-state index is 12.7. The lowest BCUT2D eigenvalue weighted by atomic mass is 9.83. The molecule has 1 saturated heterocycles. The Morgan fingerprint density at radius 3 is 3.00 bits per heavy atom. The van der Waals surface area contributed by atoms with Crippen molar-refractivity contribution < 1.29 is 9.53 Å². The van der Waals surface area contributed by atoms with E-state index in [9.17, 15) is 4.79 Å². The van der Waals surface area contributed by atoms with Crippen molar-refractivity contribution >= 4 is 40.7 Å². The Balaban J connectivity index is 0.00000205. The zero-order valence-corrected chi connectivity index (χ0v) is 17.7. The second-order valence-electron chi connectivity index (χ2n) is 7.35. The quantitative estimate of drug-likeness (QED) is 0.660. The number of thiophene rings is 1. The molecule has 9 heteroatoms. The number of carbonyl (C=O) groups excluding carboxylic acids is 1. The average Bonchev–Trinajstić information content (AvgIpc) is 3.34. The molecule has 0 bridgehead atoms. The zero-order valence-electron chi connectivity index (χ0n) is 16.0. The second-order valence-corrected chi connectivity index (χ2v) is 8.48. The van der Waals surface area contributed by atoms with E-state index in [1.165, 1.54) is 10.4 Å². The van der Waals surface area contributed by atoms with E-state index < -0.39 is 0 Å². The van der Waals surface area contributed by atoms with Gasteiger partial charge in [0.15, 0.2) is 0 Å². The molecule has 154 valence electrons. The fourth-order valence-corrected chi connectivity index (χ4v) is 5.37. The molecule has 1 amide bonds. The van der Waals surface area contributed by atoms with Crippen LogP contribution in [0.15, 0.2) is 30.3 Å². The zero-order chi connectivity index (χ0) is 19.0. The predicted octanol–water partition coefficient (Wildman–Crippen LogP) is 2.50. The number of amides is 1. The fourth-order valence-electron chi connectivity index (χ4n) is 4.22. The van der Waals surface area contributed by atoms with Gasteiger partial charge in [-0.2, -0.15) is 0 Å². The van der Waals surface area contributed by atoms with Crippen LogP contribution in [0.2, 0.25) is 0 Å². The van der Waals surface area contributed by atoms with Gasteiger partial charge < -0.3 is 15.4 Å². The first kappa shape index (κ1) is 20.3. The van der Waals surface area contributed by atoms with E-state index >= 15 is 0 Å². The van der Waals surface area contributed by atoms with Crippen LogP contribution in [0, 0.1) is 0 Å². The summed E-state index contributed by atoms with van der Waals surface area (Å²) in [7, 11) is 0. The molecule has 5 rings (SSSR count). The number of ether oxygens (including phenoxy) is 1. The molecule has 0 unspecified atom stereocenters. The van der Waals surface area contributed by atoms with E-state index in [-0.39, 0.29) is 23.9 Å². The largest absolute Gasteiger partial charge is 0.370 e. The Bertz CT molecular complexity index is 1010. The molecule has 1 aromatic carbocycles. The molecule has 3 aromatic rings. The van der Waals surface area contributed by atoms with Gasteiger partial charge in [0.05, 0.1) is 29.1 Å². The molecule has 0 saturated carbocycles. The minimum atomic E-state index is -0.201. The number of nitrogens with one attached hydrogen (secondary N) is 2. The van der Waals surface area contributed by atoms with Crippen LogP contribution in [-0.4, -0.2) is 47.1 Å². The van der Waals surface area contributed by atoms with Gasteiger partial charge in [-0.05, 0) is 49.7 Å². The van der Waals surface area contributed by atoms with Crippen molar-refractivity contribution in [1.82, 2.24) is 25.6 Å². The summed E-state index contributed by atoms with van der Waals surface area (Å²) in [5.74, 6) is -0.0205. The monoisotopic (exact) mass is 433 g/mol. The number of benzene rings is 1. The number of carbonyl (C=O) groups is 1. The van der Waals surface area contributed by atoms with E-state index in [4.69, 9.17) is 4.74 Å². The lowest BCUT2D eigenvalue weighted by Crippen LogP contribution is -2.44. The SMILES string of the molecule is Cl.O=C(NCCn1nnc2ccccc21)c1cc2c(s1)CCOC21CCNCC1. The average molecular weight is 434 g/mol. The normalized spacial score (nSPS) is 17.7. The molecular formula is C20H24ClN5O2S. The molecule has 2 aliphatic heterocycles. The van der Waals surface area contributed by atoms with E-state index in [0.717, 1.165) is 54.9 Å². The van der Waals surface area contributed by atoms with E-state index in [1.54, 1.807) is 11.3 Å². The first-order valence-corrected chi connectivity index (χ1v) is 10.6. The standard InChI is InChI=1S/C20H23N5O2S.ClH/c26-19(22-10-11-25-16-4-2-1-3-15(16)23-24-25)18-13-14-17(28-18)5-12-27-20(14)6-8-21-9-7-20;/h1-4,13,21H,5-12H2,(H,22,26);1H. The van der Waals surface area contributed by atoms with Crippen LogP contribution in [0.25, 0.3) is 11.0 Å². The molecule has 2 aromatic heterocycles. The van der Waals surface area contributed by atoms with Crippen LogP contribution < -0.4 is 10.6 Å². The summed E-state index contributed by atoms with van der Waals surface area (Å²) >= 11 is 1.61. The maximum atomic E-state index is 12.7. The van der Waals surface area contributed by atoms with Gasteiger partial charge in [-0.1, -0.05) is 17.3 Å². The third-order valence-corrected chi connectivity index (χ3v) is 6.87. The molecule has 0 aliphatic carbocycles. The summed E-state index contributed by atoms with van der Waals surface area (Å²) in [5.41, 5.74) is 2.88. The number of hydrogen-bond acceptors (Lipinski definition) is 6. The summed E-state index contributed by atoms with van der Waals surface area (Å²) in [5, 5.41) is 14.8. The lowest BCUT2D eigenvalue weighted by molar-refractivity contribution is -0.0792. The van der Waals surface area contributed by atoms with Crippen molar-refractivity contribution in [1.29, 1.82) is 0 Å². The van der Waals surface area contributed by atoms with Crippen molar-refractivity contribution in [3.8, 4) is 0 Å². The van der Waals surface area contributed by atoms with Crippen molar-refractivity contribution in [2.24, 2.45) is 0 Å². The van der Waals surface area contributed by atoms with Crippen molar-refractivity contribution in [3.63, 3.8) is 0 Å². The van der Waals surface area contributed by atoms with Gasteiger partial charge in [0.1, 0.15) is 5.52 Å². The number of hydrogen-bond donors (Lipinski definition) is 2. The Morgan fingerprint density at radius 2 is 2.14 bits per heavy atom. The van der Waals surface area contributed by atoms with Crippen LogP contribution >= 0.6 is 23.7 Å². The first-order chi connectivity index (χ1) is 13.8. The minimum Gasteiger partial charge on any atom is -0.370 e. The van der Waals surface area contributed by atoms with E-state index in [2.05, 4.69) is 27.0 Å². The third-order valence-electron chi connectivity index (χ3n) is 5.67. The Hall–Kier alpha value is -2.00. The number of para-hydroxylation sites is 1. The van der Waals surface area contributed by atoms with E-state index in [1.807, 2.05) is 28.9 Å². The number of halogens is 1. The molecule has 1 spiro atoms. The topological polar surface area (TPSA) is 81.1 Å². The summed E-state index contributed by atoms with van der Waals surface area (Å²) in [6, 6.07) is 9.90. The highest BCUT2D eigenvalue weighted by molar-refractivity contribution is 7.14. The van der Waals surface area contributed by atoms with Crippen LogP contribution in [-0.2, 0) is 23.3 Å². The number of piperidine rings is 1. The summed E-state index contributed by atoms with van der Waals surface area (Å²) < 4.78 is 8.04. The number of rotatable bonds is 4. The maximum Gasteiger partial charge on any atom is 0.261 e. The molecule has 4 heterocycles. The van der Waals surface area contributed by atoms with Gasteiger partial charge in [-0.25, -0.2) is 4.68 Å². The molecular weight excluding hydrogens is 410 g/mol. The molecule has 0 radical (unpaired) electrons. The Kier molecular flexibility index (Phi) is 5.87. The molecule has 2 aliphatic rings. The van der Waals surface area contributed by atoms with Crippen molar-refractivity contribution in [2.75, 3.05) is 26.2 Å². The number of nitrogens with zero attached hydrogens (tertiary/aromatic N) is 3. The van der Waals surface area contributed by atoms with Gasteiger partial charge in [0.25, 0.3) is 5.91 Å². The van der Waals surface area contributed by atoms with Crippen LogP contribution in [0.4, 0.5) is 0 Å². The van der Waals surface area contributed by atoms with Crippen LogP contribution in [0.1, 0.15) is 33.0 Å². The van der Waals surface area contributed by atoms with Gasteiger partial charge in [0.2, 0.25) is 0 Å². The molecule has 7 nitrogen and oxygen atoms in total. The number of fused-ring (bicyclic) bond motifs is 3. The highest BCUT2D eigenvalue weighted by Gasteiger charge is 2.40. The highest BCUT2D eigenvalue weighted by atomic mass is 35.5. The molecule has 1 fully saturated rings.